The van der Waals surface area contributed by atoms with Crippen molar-refractivity contribution in [2.75, 3.05) is 0 Å². The van der Waals surface area contributed by atoms with Gasteiger partial charge in [-0.25, -0.2) is 0 Å². The number of hydrogen-bond acceptors (Lipinski definition) is 2. The van der Waals surface area contributed by atoms with Gasteiger partial charge >= 0.3 is 0 Å². The summed E-state index contributed by atoms with van der Waals surface area (Å²) >= 11 is 0. The minimum atomic E-state index is 0.244. The van der Waals surface area contributed by atoms with Gasteiger partial charge in [0.15, 0.2) is 0 Å². The molecule has 0 unspecified atom stereocenters. The molecule has 0 spiro atoms. The molecule has 0 heterocycles. The van der Waals surface area contributed by atoms with Gasteiger partial charge in [-0.3, -0.25) is 4.99 Å². The van der Waals surface area contributed by atoms with E-state index in [1.165, 1.54) is 0 Å². The highest BCUT2D eigenvalue weighted by Gasteiger charge is 2.00. The summed E-state index contributed by atoms with van der Waals surface area (Å²) in [5, 5.41) is 9.63. The number of nitrogens with zero attached hydrogens (tertiary/aromatic N) is 1. The molecule has 2 rings (SSSR count). The largest absolute Gasteiger partial charge is 0.507 e. The van der Waals surface area contributed by atoms with Crippen LogP contribution in [0.3, 0.4) is 0 Å². The van der Waals surface area contributed by atoms with Gasteiger partial charge in [-0.05, 0) is 55.3 Å². The lowest BCUT2D eigenvalue weighted by molar-refractivity contribution is 0.474. The normalized spacial score (nSPS) is 10.9. The third-order valence-corrected chi connectivity index (χ3v) is 2.62. The van der Waals surface area contributed by atoms with Gasteiger partial charge in [-0.1, -0.05) is 12.1 Å². The fourth-order valence-electron chi connectivity index (χ4n) is 1.67. The van der Waals surface area contributed by atoms with Crippen LogP contribution in [0.1, 0.15) is 16.7 Å². The Balaban J connectivity index is 2.36. The van der Waals surface area contributed by atoms with Crippen molar-refractivity contribution in [2.45, 2.75) is 13.8 Å². The topological polar surface area (TPSA) is 32.6 Å². The van der Waals surface area contributed by atoms with E-state index in [1.54, 1.807) is 18.3 Å². The van der Waals surface area contributed by atoms with Crippen molar-refractivity contribution in [1.82, 2.24) is 0 Å². The van der Waals surface area contributed by atoms with Crippen LogP contribution in [-0.4, -0.2) is 11.3 Å². The molecular weight excluding hydrogens is 210 g/mol. The molecule has 0 saturated heterocycles. The number of rotatable bonds is 2. The summed E-state index contributed by atoms with van der Waals surface area (Å²) in [6.45, 7) is 4.00. The zero-order valence-electron chi connectivity index (χ0n) is 9.94. The molecule has 0 amide bonds. The zero-order chi connectivity index (χ0) is 12.3. The quantitative estimate of drug-likeness (QED) is 0.777. The molecule has 0 bridgehead atoms. The number of para-hydroxylation sites is 1. The molecule has 2 aromatic carbocycles. The van der Waals surface area contributed by atoms with E-state index in [2.05, 4.69) is 11.1 Å². The SMILES string of the molecule is Cc1c[c]cc(C)c1N=Cc1ccccc1O. The molecule has 0 aliphatic heterocycles. The van der Waals surface area contributed by atoms with Crippen LogP contribution in [0, 0.1) is 19.9 Å². The summed E-state index contributed by atoms with van der Waals surface area (Å²) < 4.78 is 0. The Hall–Kier alpha value is -2.09. The Kier molecular flexibility index (Phi) is 3.24. The van der Waals surface area contributed by atoms with E-state index in [0.29, 0.717) is 0 Å². The van der Waals surface area contributed by atoms with Crippen LogP contribution < -0.4 is 0 Å². The Morgan fingerprint density at radius 2 is 1.76 bits per heavy atom. The zero-order valence-corrected chi connectivity index (χ0v) is 9.94. The van der Waals surface area contributed by atoms with Crippen molar-refractivity contribution >= 4 is 11.9 Å². The second-order valence-electron chi connectivity index (χ2n) is 3.99. The number of aromatic hydroxyl groups is 1. The number of benzene rings is 2. The van der Waals surface area contributed by atoms with Gasteiger partial charge in [0, 0.05) is 11.8 Å². The lowest BCUT2D eigenvalue weighted by Gasteiger charge is -2.03. The van der Waals surface area contributed by atoms with Crippen LogP contribution >= 0.6 is 0 Å². The van der Waals surface area contributed by atoms with Crippen molar-refractivity contribution in [3.05, 3.63) is 59.2 Å². The molecule has 85 valence electrons. The summed E-state index contributed by atoms with van der Waals surface area (Å²) in [6, 6.07) is 14.0. The van der Waals surface area contributed by atoms with Crippen LogP contribution in [0.4, 0.5) is 5.69 Å². The van der Waals surface area contributed by atoms with Crippen molar-refractivity contribution in [1.29, 1.82) is 0 Å². The minimum absolute atomic E-state index is 0.244. The number of aryl methyl sites for hydroxylation is 2. The van der Waals surface area contributed by atoms with E-state index in [1.807, 2.05) is 38.1 Å². The maximum Gasteiger partial charge on any atom is 0.124 e. The molecule has 2 aromatic rings. The standard InChI is InChI=1S/C15H14NO/c1-11-6-5-7-12(2)15(11)16-10-13-8-3-4-9-14(13)17/h3-4,6-10,17H,1-2H3. The third kappa shape index (κ3) is 2.53. The first-order chi connectivity index (χ1) is 8.18. The van der Waals surface area contributed by atoms with E-state index < -0.39 is 0 Å². The van der Waals surface area contributed by atoms with Gasteiger partial charge in [0.2, 0.25) is 0 Å². The number of aliphatic imine (C=N–C) groups is 1. The van der Waals surface area contributed by atoms with Gasteiger partial charge in [0.1, 0.15) is 5.75 Å². The monoisotopic (exact) mass is 224 g/mol. The highest BCUT2D eigenvalue weighted by Crippen LogP contribution is 2.23. The molecule has 2 heteroatoms. The van der Waals surface area contributed by atoms with E-state index in [9.17, 15) is 5.11 Å². The number of phenols is 1. The third-order valence-electron chi connectivity index (χ3n) is 2.62. The second-order valence-corrected chi connectivity index (χ2v) is 3.99. The fraction of sp³-hybridized carbons (Fsp3) is 0.133. The summed E-state index contributed by atoms with van der Waals surface area (Å²) in [5.41, 5.74) is 3.82. The summed E-state index contributed by atoms with van der Waals surface area (Å²) in [4.78, 5) is 4.43. The predicted octanol–water partition coefficient (Wildman–Crippen LogP) is 3.56. The van der Waals surface area contributed by atoms with Gasteiger partial charge in [-0.15, -0.1) is 0 Å². The van der Waals surface area contributed by atoms with E-state index in [0.717, 1.165) is 22.4 Å². The lowest BCUT2D eigenvalue weighted by Crippen LogP contribution is -1.84. The lowest BCUT2D eigenvalue weighted by atomic mass is 10.1. The van der Waals surface area contributed by atoms with E-state index in [-0.39, 0.29) is 5.75 Å². The molecular formula is C15H14NO. The van der Waals surface area contributed by atoms with Crippen LogP contribution in [0.2, 0.25) is 0 Å². The molecule has 0 atom stereocenters. The Labute approximate surface area is 101 Å². The predicted molar refractivity (Wildman–Crippen MR) is 70.1 cm³/mol. The number of hydrogen-bond donors (Lipinski definition) is 1. The van der Waals surface area contributed by atoms with Gasteiger partial charge < -0.3 is 5.11 Å². The molecule has 17 heavy (non-hydrogen) atoms. The Morgan fingerprint density at radius 3 is 2.41 bits per heavy atom. The van der Waals surface area contributed by atoms with Gasteiger partial charge in [0.25, 0.3) is 0 Å². The first kappa shape index (κ1) is 11.4. The maximum atomic E-state index is 9.63. The summed E-state index contributed by atoms with van der Waals surface area (Å²) in [5.74, 6) is 0.244. The van der Waals surface area contributed by atoms with Crippen molar-refractivity contribution in [2.24, 2.45) is 4.99 Å². The van der Waals surface area contributed by atoms with Crippen molar-refractivity contribution < 1.29 is 5.11 Å². The highest BCUT2D eigenvalue weighted by molar-refractivity contribution is 5.85. The smallest absolute Gasteiger partial charge is 0.124 e. The van der Waals surface area contributed by atoms with Crippen LogP contribution in [0.5, 0.6) is 5.75 Å². The summed E-state index contributed by atoms with van der Waals surface area (Å²) in [6.07, 6.45) is 1.69. The number of phenolic OH excluding ortho intramolecular Hbond substituents is 1. The second kappa shape index (κ2) is 4.83. The molecule has 0 aromatic heterocycles. The van der Waals surface area contributed by atoms with Crippen LogP contribution in [-0.2, 0) is 0 Å². The van der Waals surface area contributed by atoms with Crippen molar-refractivity contribution in [3.8, 4) is 5.75 Å². The molecule has 0 fully saturated rings. The first-order valence-electron chi connectivity index (χ1n) is 5.48. The molecule has 0 saturated carbocycles. The molecule has 1 N–H and O–H groups in total. The maximum absolute atomic E-state index is 9.63. The molecule has 0 aliphatic carbocycles. The van der Waals surface area contributed by atoms with E-state index in [4.69, 9.17) is 0 Å². The van der Waals surface area contributed by atoms with Crippen LogP contribution in [0.15, 0.2) is 41.4 Å². The van der Waals surface area contributed by atoms with Crippen molar-refractivity contribution in [3.63, 3.8) is 0 Å². The average molecular weight is 224 g/mol. The molecule has 1 radical (unpaired) electrons. The fourth-order valence-corrected chi connectivity index (χ4v) is 1.67. The average Bonchev–Trinajstić information content (AvgIpc) is 2.30. The molecule has 2 nitrogen and oxygen atoms in total. The van der Waals surface area contributed by atoms with E-state index >= 15 is 0 Å². The minimum Gasteiger partial charge on any atom is -0.507 e. The highest BCUT2D eigenvalue weighted by atomic mass is 16.3. The Morgan fingerprint density at radius 1 is 1.12 bits per heavy atom. The van der Waals surface area contributed by atoms with Gasteiger partial charge in [-0.2, -0.15) is 0 Å². The first-order valence-corrected chi connectivity index (χ1v) is 5.48. The van der Waals surface area contributed by atoms with Gasteiger partial charge in [0.05, 0.1) is 5.69 Å². The Bertz CT molecular complexity index is 538. The molecule has 0 aliphatic rings. The van der Waals surface area contributed by atoms with Crippen LogP contribution in [0.25, 0.3) is 0 Å². The summed E-state index contributed by atoms with van der Waals surface area (Å²) in [7, 11) is 0.